The van der Waals surface area contributed by atoms with E-state index in [4.69, 9.17) is 21.6 Å². The molecule has 1 aliphatic heterocycles. The summed E-state index contributed by atoms with van der Waals surface area (Å²) in [7, 11) is 1.68. The van der Waals surface area contributed by atoms with Crippen molar-refractivity contribution in [3.63, 3.8) is 0 Å². The molecule has 6 nitrogen and oxygen atoms in total. The van der Waals surface area contributed by atoms with Crippen molar-refractivity contribution in [1.82, 2.24) is 9.88 Å². The largest absolute Gasteiger partial charge is 0.497 e. The maximum Gasteiger partial charge on any atom is 0.225 e. The minimum Gasteiger partial charge on any atom is -0.497 e. The highest BCUT2D eigenvalue weighted by Gasteiger charge is 2.17. The van der Waals surface area contributed by atoms with E-state index in [1.807, 2.05) is 18.2 Å². The van der Waals surface area contributed by atoms with Crippen LogP contribution in [0.25, 0.3) is 16.5 Å². The number of rotatable bonds is 6. The molecule has 1 aromatic heterocycles. The van der Waals surface area contributed by atoms with Gasteiger partial charge in [-0.1, -0.05) is 17.7 Å². The second kappa shape index (κ2) is 9.25. The quantitative estimate of drug-likeness (QED) is 0.582. The second-order valence-corrected chi connectivity index (χ2v) is 7.91. The van der Waals surface area contributed by atoms with Crippen LogP contribution in [0.4, 0.5) is 5.69 Å². The topological polar surface area (TPSA) is 81.2 Å². The number of hydrogen-bond donors (Lipinski definition) is 2. The van der Waals surface area contributed by atoms with E-state index < -0.39 is 0 Å². The molecule has 1 aliphatic rings. The number of carbonyl (C=O) groups is 1. The number of carbonyl (C=O) groups excluding carboxylic acids is 1. The molecule has 0 fully saturated rings. The molecule has 0 atom stereocenters. The fraction of sp³-hybridized carbons (Fsp3) is 0.250. The van der Waals surface area contributed by atoms with E-state index in [1.165, 1.54) is 16.5 Å². The van der Waals surface area contributed by atoms with Crippen LogP contribution in [0.3, 0.4) is 0 Å². The molecule has 0 radical (unpaired) electrons. The van der Waals surface area contributed by atoms with E-state index in [-0.39, 0.29) is 5.91 Å². The number of nitrogens with zero attached hydrogens (tertiary/aromatic N) is 2. The molecular weight excluding hydrogens is 412 g/mol. The first-order chi connectivity index (χ1) is 15.1. The highest BCUT2D eigenvalue weighted by Crippen LogP contribution is 2.31. The number of aromatic amines is 1. The predicted molar refractivity (Wildman–Crippen MR) is 123 cm³/mol. The number of hydrogen-bond acceptors (Lipinski definition) is 4. The van der Waals surface area contributed by atoms with Crippen LogP contribution in [-0.4, -0.2) is 42.5 Å². The number of ether oxygens (including phenoxy) is 1. The molecule has 0 bridgehead atoms. The molecule has 4 rings (SSSR count). The van der Waals surface area contributed by atoms with Crippen LogP contribution in [0, 0.1) is 11.3 Å². The number of amides is 1. The van der Waals surface area contributed by atoms with Crippen molar-refractivity contribution in [2.24, 2.45) is 0 Å². The Morgan fingerprint density at radius 1 is 1.32 bits per heavy atom. The van der Waals surface area contributed by atoms with Crippen molar-refractivity contribution >= 4 is 39.7 Å². The first kappa shape index (κ1) is 21.0. The Balaban J connectivity index is 1.33. The van der Waals surface area contributed by atoms with Crippen LogP contribution in [-0.2, 0) is 4.79 Å². The fourth-order valence-corrected chi connectivity index (χ4v) is 4.04. The third-order valence-electron chi connectivity index (χ3n) is 5.56. The van der Waals surface area contributed by atoms with Gasteiger partial charge < -0.3 is 15.0 Å². The highest BCUT2D eigenvalue weighted by atomic mass is 35.5. The van der Waals surface area contributed by atoms with Crippen molar-refractivity contribution in [3.8, 4) is 11.8 Å². The summed E-state index contributed by atoms with van der Waals surface area (Å²) in [6.07, 6.45) is 5.62. The van der Waals surface area contributed by atoms with Gasteiger partial charge in [-0.25, -0.2) is 0 Å². The van der Waals surface area contributed by atoms with E-state index in [0.717, 1.165) is 30.8 Å². The first-order valence-electron chi connectivity index (χ1n) is 10.1. The van der Waals surface area contributed by atoms with Gasteiger partial charge >= 0.3 is 0 Å². The molecule has 31 heavy (non-hydrogen) atoms. The van der Waals surface area contributed by atoms with Gasteiger partial charge in [-0.2, -0.15) is 5.26 Å². The SMILES string of the molecule is COc1ccc2[nH]cc(C3=CCN(CCC(=O)Nc4ccc(C#N)c(Cl)c4)CC3)c2c1. The molecule has 2 heterocycles. The van der Waals surface area contributed by atoms with Gasteiger partial charge in [0.15, 0.2) is 0 Å². The van der Waals surface area contributed by atoms with Crippen LogP contribution in [0.15, 0.2) is 48.7 Å². The van der Waals surface area contributed by atoms with Crippen LogP contribution in [0.5, 0.6) is 5.75 Å². The van der Waals surface area contributed by atoms with Crippen molar-refractivity contribution in [2.75, 3.05) is 32.1 Å². The summed E-state index contributed by atoms with van der Waals surface area (Å²) in [5.41, 5.74) is 4.61. The van der Waals surface area contributed by atoms with Crippen molar-refractivity contribution in [2.45, 2.75) is 12.8 Å². The molecule has 0 saturated heterocycles. The maximum absolute atomic E-state index is 12.3. The average Bonchev–Trinajstić information content (AvgIpc) is 3.21. The van der Waals surface area contributed by atoms with Crippen LogP contribution < -0.4 is 10.1 Å². The predicted octanol–water partition coefficient (Wildman–Crippen LogP) is 4.82. The number of halogens is 1. The van der Waals surface area contributed by atoms with Crippen molar-refractivity contribution in [3.05, 3.63) is 64.8 Å². The second-order valence-electron chi connectivity index (χ2n) is 7.50. The summed E-state index contributed by atoms with van der Waals surface area (Å²) >= 11 is 6.02. The zero-order valence-corrected chi connectivity index (χ0v) is 18.0. The Morgan fingerprint density at radius 2 is 2.19 bits per heavy atom. The molecule has 1 amide bonds. The number of anilines is 1. The third-order valence-corrected chi connectivity index (χ3v) is 5.87. The Hall–Kier alpha value is -3.27. The third kappa shape index (κ3) is 4.74. The first-order valence-corrected chi connectivity index (χ1v) is 10.5. The number of aromatic nitrogens is 1. The number of fused-ring (bicyclic) bond motifs is 1. The lowest BCUT2D eigenvalue weighted by Gasteiger charge is -2.26. The minimum atomic E-state index is -0.0701. The number of nitrogens with one attached hydrogen (secondary N) is 2. The van der Waals surface area contributed by atoms with Gasteiger partial charge in [-0.3, -0.25) is 9.69 Å². The Labute approximate surface area is 186 Å². The molecule has 158 valence electrons. The maximum atomic E-state index is 12.3. The normalized spacial score (nSPS) is 14.2. The summed E-state index contributed by atoms with van der Waals surface area (Å²) in [6.45, 7) is 2.39. The van der Waals surface area contributed by atoms with E-state index in [9.17, 15) is 4.79 Å². The molecule has 0 saturated carbocycles. The van der Waals surface area contributed by atoms with E-state index >= 15 is 0 Å². The lowest BCUT2D eigenvalue weighted by atomic mass is 9.98. The van der Waals surface area contributed by atoms with Crippen LogP contribution >= 0.6 is 11.6 Å². The molecule has 0 spiro atoms. The number of H-pyrrole nitrogens is 1. The Morgan fingerprint density at radius 3 is 2.90 bits per heavy atom. The summed E-state index contributed by atoms with van der Waals surface area (Å²) in [4.78, 5) is 17.9. The summed E-state index contributed by atoms with van der Waals surface area (Å²) in [5, 5.41) is 13.3. The average molecular weight is 435 g/mol. The molecule has 3 aromatic rings. The zero-order valence-electron chi connectivity index (χ0n) is 17.2. The molecule has 0 aliphatic carbocycles. The number of nitriles is 1. The zero-order chi connectivity index (χ0) is 21.8. The number of benzene rings is 2. The van der Waals surface area contributed by atoms with Gasteiger partial charge in [0.2, 0.25) is 5.91 Å². The Bertz CT molecular complexity index is 1190. The van der Waals surface area contributed by atoms with Gasteiger partial charge in [0, 0.05) is 54.4 Å². The van der Waals surface area contributed by atoms with Crippen molar-refractivity contribution in [1.29, 1.82) is 5.26 Å². The molecule has 0 unspecified atom stereocenters. The summed E-state index contributed by atoms with van der Waals surface area (Å²) in [5.74, 6) is 0.778. The van der Waals surface area contributed by atoms with Gasteiger partial charge in [0.05, 0.1) is 17.7 Å². The Kier molecular flexibility index (Phi) is 6.26. The van der Waals surface area contributed by atoms with Crippen molar-refractivity contribution < 1.29 is 9.53 Å². The van der Waals surface area contributed by atoms with E-state index in [0.29, 0.717) is 29.2 Å². The molecule has 2 aromatic carbocycles. The van der Waals surface area contributed by atoms with E-state index in [1.54, 1.807) is 25.3 Å². The van der Waals surface area contributed by atoms with Gasteiger partial charge in [0.25, 0.3) is 0 Å². The van der Waals surface area contributed by atoms with Gasteiger partial charge in [-0.05, 0) is 48.4 Å². The van der Waals surface area contributed by atoms with Gasteiger partial charge in [-0.15, -0.1) is 0 Å². The smallest absolute Gasteiger partial charge is 0.225 e. The van der Waals surface area contributed by atoms with E-state index in [2.05, 4.69) is 33.5 Å². The lowest BCUT2D eigenvalue weighted by Crippen LogP contribution is -2.31. The van der Waals surface area contributed by atoms with Crippen LogP contribution in [0.2, 0.25) is 5.02 Å². The summed E-state index contributed by atoms with van der Waals surface area (Å²) < 4.78 is 5.37. The fourth-order valence-electron chi connectivity index (χ4n) is 3.82. The molecular formula is C24H23ClN4O2. The monoisotopic (exact) mass is 434 g/mol. The minimum absolute atomic E-state index is 0.0701. The lowest BCUT2D eigenvalue weighted by molar-refractivity contribution is -0.116. The van der Waals surface area contributed by atoms with Crippen LogP contribution in [0.1, 0.15) is 24.0 Å². The van der Waals surface area contributed by atoms with Gasteiger partial charge in [0.1, 0.15) is 11.8 Å². The molecule has 2 N–H and O–H groups in total. The molecule has 7 heteroatoms. The number of methoxy groups -OCH3 is 1. The highest BCUT2D eigenvalue weighted by molar-refractivity contribution is 6.32. The summed E-state index contributed by atoms with van der Waals surface area (Å²) in [6, 6.07) is 13.0. The standard InChI is InChI=1S/C24H23ClN4O2/c1-31-19-4-5-23-20(13-19)21(15-27-23)16-6-9-29(10-7-16)11-8-24(30)28-18-3-2-17(14-26)22(25)12-18/h2-6,12-13,15,27H,7-11H2,1H3,(H,28,30).